The zero-order valence-corrected chi connectivity index (χ0v) is 19.5. The van der Waals surface area contributed by atoms with Crippen LogP contribution in [0.5, 0.6) is 0 Å². The lowest BCUT2D eigenvalue weighted by atomic mass is 9.88. The number of benzene rings is 1. The molecule has 174 valence electrons. The number of aryl methyl sites for hydroxylation is 1. The van der Waals surface area contributed by atoms with Crippen LogP contribution in [0.25, 0.3) is 0 Å². The van der Waals surface area contributed by atoms with Crippen molar-refractivity contribution in [2.24, 2.45) is 11.8 Å². The summed E-state index contributed by atoms with van der Waals surface area (Å²) < 4.78 is 19.1. The molecule has 6 heteroatoms. The highest BCUT2D eigenvalue weighted by molar-refractivity contribution is 5.86. The molecule has 1 heterocycles. The summed E-state index contributed by atoms with van der Waals surface area (Å²) in [5.41, 5.74) is 0.831. The quantitative estimate of drug-likeness (QED) is 0.528. The molecule has 1 aliphatic carbocycles. The number of halogens is 1. The maximum absolute atomic E-state index is 13.4. The minimum atomic E-state index is -0.311. The van der Waals surface area contributed by atoms with E-state index in [0.717, 1.165) is 37.0 Å². The van der Waals surface area contributed by atoms with E-state index in [9.17, 15) is 14.0 Å². The summed E-state index contributed by atoms with van der Waals surface area (Å²) in [6, 6.07) is 9.89. The Morgan fingerprint density at radius 2 is 1.69 bits per heavy atom. The lowest BCUT2D eigenvalue weighted by Crippen LogP contribution is -2.46. The van der Waals surface area contributed by atoms with Gasteiger partial charge in [-0.1, -0.05) is 45.2 Å². The summed E-state index contributed by atoms with van der Waals surface area (Å²) in [6.45, 7) is 7.23. The van der Waals surface area contributed by atoms with Crippen molar-refractivity contribution in [2.75, 3.05) is 13.1 Å². The summed E-state index contributed by atoms with van der Waals surface area (Å²) in [5, 5.41) is 0. The van der Waals surface area contributed by atoms with Crippen LogP contribution in [0.1, 0.15) is 63.0 Å². The third-order valence-electron chi connectivity index (χ3n) is 5.96. The van der Waals surface area contributed by atoms with Gasteiger partial charge in [0.1, 0.15) is 17.3 Å². The van der Waals surface area contributed by atoms with E-state index in [0.29, 0.717) is 25.4 Å². The predicted octanol–water partition coefficient (Wildman–Crippen LogP) is 5.32. The van der Waals surface area contributed by atoms with E-state index in [1.165, 1.54) is 18.6 Å². The highest BCUT2D eigenvalue weighted by Gasteiger charge is 2.29. The van der Waals surface area contributed by atoms with Gasteiger partial charge in [0.2, 0.25) is 11.8 Å². The van der Waals surface area contributed by atoms with E-state index in [2.05, 4.69) is 13.8 Å². The minimum absolute atomic E-state index is 0.0218. The van der Waals surface area contributed by atoms with Crippen LogP contribution in [0.3, 0.4) is 0 Å². The Kier molecular flexibility index (Phi) is 8.48. The van der Waals surface area contributed by atoms with Crippen molar-refractivity contribution in [3.05, 3.63) is 59.3 Å². The monoisotopic (exact) mass is 442 g/mol. The van der Waals surface area contributed by atoms with Gasteiger partial charge in [0.15, 0.2) is 0 Å². The molecule has 1 aromatic carbocycles. The fourth-order valence-corrected chi connectivity index (χ4v) is 4.34. The molecule has 2 amide bonds. The van der Waals surface area contributed by atoms with Crippen molar-refractivity contribution in [2.45, 2.75) is 66.0 Å². The number of carbonyl (C=O) groups excluding carboxylic acids is 2. The molecular weight excluding hydrogens is 407 g/mol. The standard InChI is InChI=1S/C26H35FN2O3/c1-19(2)15-29(26(31)22-7-5-4-6-8-22)18-25(30)28(17-24-14-9-20(3)32-24)16-21-10-12-23(27)13-11-21/h9-14,19,22H,4-8,15-18H2,1-3H3. The smallest absolute Gasteiger partial charge is 0.242 e. The number of carbonyl (C=O) groups is 2. The Balaban J connectivity index is 1.76. The van der Waals surface area contributed by atoms with Crippen LogP contribution in [0.2, 0.25) is 0 Å². The largest absolute Gasteiger partial charge is 0.464 e. The Hall–Kier alpha value is -2.63. The fraction of sp³-hybridized carbons (Fsp3) is 0.538. The molecule has 1 fully saturated rings. The molecule has 0 bridgehead atoms. The van der Waals surface area contributed by atoms with Gasteiger partial charge in [0.05, 0.1) is 13.1 Å². The van der Waals surface area contributed by atoms with Crippen molar-refractivity contribution >= 4 is 11.8 Å². The summed E-state index contributed by atoms with van der Waals surface area (Å²) in [5.74, 6) is 1.42. The molecule has 0 unspecified atom stereocenters. The van der Waals surface area contributed by atoms with Crippen molar-refractivity contribution in [1.82, 2.24) is 9.80 Å². The topological polar surface area (TPSA) is 53.8 Å². The third kappa shape index (κ3) is 6.94. The van der Waals surface area contributed by atoms with Crippen molar-refractivity contribution in [3.8, 4) is 0 Å². The zero-order valence-electron chi connectivity index (χ0n) is 19.5. The summed E-state index contributed by atoms with van der Waals surface area (Å²) in [6.07, 6.45) is 5.16. The van der Waals surface area contributed by atoms with E-state index in [4.69, 9.17) is 4.42 Å². The van der Waals surface area contributed by atoms with Gasteiger partial charge in [0.25, 0.3) is 0 Å². The number of amides is 2. The third-order valence-corrected chi connectivity index (χ3v) is 5.96. The lowest BCUT2D eigenvalue weighted by molar-refractivity contribution is -0.144. The second kappa shape index (κ2) is 11.3. The molecule has 32 heavy (non-hydrogen) atoms. The average molecular weight is 443 g/mol. The Labute approximate surface area is 190 Å². The summed E-state index contributed by atoms with van der Waals surface area (Å²) in [4.78, 5) is 30.1. The predicted molar refractivity (Wildman–Crippen MR) is 122 cm³/mol. The molecule has 1 aromatic heterocycles. The highest BCUT2D eigenvalue weighted by atomic mass is 19.1. The molecule has 3 rings (SSSR count). The van der Waals surface area contributed by atoms with Crippen LogP contribution in [-0.2, 0) is 22.7 Å². The number of hydrogen-bond donors (Lipinski definition) is 0. The van der Waals surface area contributed by atoms with Crippen molar-refractivity contribution in [3.63, 3.8) is 0 Å². The van der Waals surface area contributed by atoms with E-state index in [1.54, 1.807) is 21.9 Å². The van der Waals surface area contributed by atoms with Crippen LogP contribution in [0.4, 0.5) is 4.39 Å². The number of furan rings is 1. The van der Waals surface area contributed by atoms with Gasteiger partial charge in [-0.2, -0.15) is 0 Å². The van der Waals surface area contributed by atoms with E-state index >= 15 is 0 Å². The molecule has 1 aliphatic rings. The number of hydrogen-bond acceptors (Lipinski definition) is 3. The molecule has 0 N–H and O–H groups in total. The molecule has 0 aliphatic heterocycles. The van der Waals surface area contributed by atoms with Gasteiger partial charge in [0, 0.05) is 19.0 Å². The van der Waals surface area contributed by atoms with E-state index in [1.807, 2.05) is 19.1 Å². The van der Waals surface area contributed by atoms with E-state index < -0.39 is 0 Å². The summed E-state index contributed by atoms with van der Waals surface area (Å²) >= 11 is 0. The SMILES string of the molecule is Cc1ccc(CN(Cc2ccc(F)cc2)C(=O)CN(CC(C)C)C(=O)C2CCCCC2)o1. The second-order valence-electron chi connectivity index (χ2n) is 9.34. The minimum Gasteiger partial charge on any atom is -0.464 e. The first-order valence-corrected chi connectivity index (χ1v) is 11.7. The van der Waals surface area contributed by atoms with Gasteiger partial charge in [-0.3, -0.25) is 9.59 Å². The Morgan fingerprint density at radius 3 is 2.28 bits per heavy atom. The van der Waals surface area contributed by atoms with Gasteiger partial charge in [-0.15, -0.1) is 0 Å². The fourth-order valence-electron chi connectivity index (χ4n) is 4.34. The number of rotatable bonds is 9. The Morgan fingerprint density at radius 1 is 1.00 bits per heavy atom. The van der Waals surface area contributed by atoms with Crippen molar-refractivity contribution < 1.29 is 18.4 Å². The first-order valence-electron chi connectivity index (χ1n) is 11.7. The van der Waals surface area contributed by atoms with Gasteiger partial charge in [-0.25, -0.2) is 4.39 Å². The van der Waals surface area contributed by atoms with Crippen LogP contribution >= 0.6 is 0 Å². The van der Waals surface area contributed by atoms with Crippen LogP contribution in [-0.4, -0.2) is 34.7 Å². The zero-order chi connectivity index (χ0) is 23.1. The highest BCUT2D eigenvalue weighted by Crippen LogP contribution is 2.26. The molecular formula is C26H35FN2O3. The molecule has 1 saturated carbocycles. The van der Waals surface area contributed by atoms with Crippen LogP contribution in [0, 0.1) is 24.6 Å². The van der Waals surface area contributed by atoms with Gasteiger partial charge in [-0.05, 0) is 55.5 Å². The van der Waals surface area contributed by atoms with Gasteiger partial charge >= 0.3 is 0 Å². The van der Waals surface area contributed by atoms with Crippen molar-refractivity contribution in [1.29, 1.82) is 0 Å². The maximum Gasteiger partial charge on any atom is 0.242 e. The first kappa shape index (κ1) is 24.0. The van der Waals surface area contributed by atoms with Gasteiger partial charge < -0.3 is 14.2 Å². The van der Waals surface area contributed by atoms with Crippen LogP contribution < -0.4 is 0 Å². The second-order valence-corrected chi connectivity index (χ2v) is 9.34. The molecule has 5 nitrogen and oxygen atoms in total. The van der Waals surface area contributed by atoms with Crippen LogP contribution in [0.15, 0.2) is 40.8 Å². The molecule has 0 spiro atoms. The van der Waals surface area contributed by atoms with E-state index in [-0.39, 0.29) is 36.0 Å². The molecule has 2 aromatic rings. The molecule has 0 atom stereocenters. The maximum atomic E-state index is 13.4. The molecule has 0 saturated heterocycles. The number of nitrogens with zero attached hydrogens (tertiary/aromatic N) is 2. The first-order chi connectivity index (χ1) is 15.3. The Bertz CT molecular complexity index is 885. The lowest BCUT2D eigenvalue weighted by Gasteiger charge is -2.32. The molecule has 0 radical (unpaired) electrons. The average Bonchev–Trinajstić information content (AvgIpc) is 3.18. The summed E-state index contributed by atoms with van der Waals surface area (Å²) in [7, 11) is 0. The normalized spacial score (nSPS) is 14.5.